The predicted molar refractivity (Wildman–Crippen MR) is 121 cm³/mol. The molecule has 4 rings (SSSR count). The van der Waals surface area contributed by atoms with Crippen molar-refractivity contribution in [1.82, 2.24) is 14.9 Å². The largest absolute Gasteiger partial charge is 0.493 e. The van der Waals surface area contributed by atoms with E-state index in [2.05, 4.69) is 10.3 Å². The van der Waals surface area contributed by atoms with E-state index in [0.717, 1.165) is 16.7 Å². The number of aromatic nitrogens is 2. The summed E-state index contributed by atoms with van der Waals surface area (Å²) in [5, 5.41) is 5.29. The average Bonchev–Trinajstić information content (AvgIpc) is 3.25. The molecule has 0 aliphatic rings. The second kappa shape index (κ2) is 9.01. The van der Waals surface area contributed by atoms with Crippen molar-refractivity contribution in [2.75, 3.05) is 14.2 Å². The Morgan fingerprint density at radius 2 is 1.87 bits per heavy atom. The molecule has 8 heteroatoms. The van der Waals surface area contributed by atoms with E-state index in [4.69, 9.17) is 9.47 Å². The van der Waals surface area contributed by atoms with Crippen LogP contribution in [-0.2, 0) is 17.9 Å². The van der Waals surface area contributed by atoms with E-state index in [-0.39, 0.29) is 18.0 Å². The Morgan fingerprint density at radius 3 is 2.61 bits per heavy atom. The van der Waals surface area contributed by atoms with E-state index in [1.54, 1.807) is 26.4 Å². The summed E-state index contributed by atoms with van der Waals surface area (Å²) in [5.41, 5.74) is 2.41. The van der Waals surface area contributed by atoms with Crippen LogP contribution in [0.15, 0.2) is 65.0 Å². The van der Waals surface area contributed by atoms with Crippen LogP contribution in [0.2, 0.25) is 0 Å². The predicted octanol–water partition coefficient (Wildman–Crippen LogP) is 3.46. The van der Waals surface area contributed by atoms with Gasteiger partial charge in [0.25, 0.3) is 5.56 Å². The maximum Gasteiger partial charge on any atom is 0.263 e. The summed E-state index contributed by atoms with van der Waals surface area (Å²) in [4.78, 5) is 30.6. The highest BCUT2D eigenvalue weighted by atomic mass is 32.1. The molecule has 2 aromatic heterocycles. The van der Waals surface area contributed by atoms with E-state index in [0.29, 0.717) is 28.3 Å². The highest BCUT2D eigenvalue weighted by Gasteiger charge is 2.14. The Morgan fingerprint density at radius 1 is 1.10 bits per heavy atom. The molecule has 7 nitrogen and oxygen atoms in total. The fraction of sp³-hybridized carbons (Fsp3) is 0.174. The lowest BCUT2D eigenvalue weighted by atomic mass is 10.1. The number of amides is 1. The van der Waals surface area contributed by atoms with Gasteiger partial charge in [-0.25, -0.2) is 4.98 Å². The van der Waals surface area contributed by atoms with Gasteiger partial charge in [0.05, 0.1) is 25.9 Å². The third kappa shape index (κ3) is 4.29. The Hall–Kier alpha value is -3.65. The summed E-state index contributed by atoms with van der Waals surface area (Å²) in [5.74, 6) is 0.925. The van der Waals surface area contributed by atoms with Gasteiger partial charge in [0.2, 0.25) is 5.91 Å². The molecule has 0 aliphatic carbocycles. The molecule has 0 radical (unpaired) electrons. The van der Waals surface area contributed by atoms with Crippen LogP contribution in [0.4, 0.5) is 0 Å². The van der Waals surface area contributed by atoms with Crippen molar-refractivity contribution in [3.63, 3.8) is 0 Å². The number of nitrogens with one attached hydrogen (secondary N) is 1. The molecule has 0 bridgehead atoms. The number of thiophene rings is 1. The van der Waals surface area contributed by atoms with Crippen molar-refractivity contribution < 1.29 is 14.3 Å². The molecule has 2 aromatic carbocycles. The van der Waals surface area contributed by atoms with E-state index < -0.39 is 0 Å². The summed E-state index contributed by atoms with van der Waals surface area (Å²) >= 11 is 1.42. The molecule has 1 amide bonds. The molecule has 158 valence electrons. The first-order chi connectivity index (χ1) is 15.1. The van der Waals surface area contributed by atoms with Crippen molar-refractivity contribution in [2.45, 2.75) is 13.1 Å². The summed E-state index contributed by atoms with van der Waals surface area (Å²) in [6.07, 6.45) is 1.42. The zero-order valence-corrected chi connectivity index (χ0v) is 17.9. The molecule has 0 spiro atoms. The normalized spacial score (nSPS) is 10.8. The fourth-order valence-corrected chi connectivity index (χ4v) is 4.22. The first-order valence-electron chi connectivity index (χ1n) is 9.60. The van der Waals surface area contributed by atoms with Gasteiger partial charge in [-0.15, -0.1) is 11.3 Å². The number of nitrogens with zero attached hydrogens (tertiary/aromatic N) is 2. The number of benzene rings is 2. The summed E-state index contributed by atoms with van der Waals surface area (Å²) in [6.45, 7) is 0.191. The van der Waals surface area contributed by atoms with E-state index >= 15 is 0 Å². The minimum atomic E-state index is -0.283. The topological polar surface area (TPSA) is 82.5 Å². The van der Waals surface area contributed by atoms with Crippen molar-refractivity contribution in [3.05, 3.63) is 76.2 Å². The number of carbonyl (C=O) groups is 1. The molecule has 0 saturated heterocycles. The molecule has 0 aliphatic heterocycles. The summed E-state index contributed by atoms with van der Waals surface area (Å²) in [6, 6.07) is 15.1. The van der Waals surface area contributed by atoms with Gasteiger partial charge >= 0.3 is 0 Å². The standard InChI is InChI=1S/C23H21N3O4S/c1-29-18-9-8-15(10-19(18)30-2)11-24-20(27)12-26-14-25-22-21(23(26)28)17(13-31-22)16-6-4-3-5-7-16/h3-10,13-14H,11-12H2,1-2H3,(H,24,27). The van der Waals surface area contributed by atoms with Crippen molar-refractivity contribution >= 4 is 27.5 Å². The second-order valence-electron chi connectivity index (χ2n) is 6.84. The lowest BCUT2D eigenvalue weighted by Crippen LogP contribution is -2.32. The number of fused-ring (bicyclic) bond motifs is 1. The molecule has 2 heterocycles. The van der Waals surface area contributed by atoms with Crippen LogP contribution >= 0.6 is 11.3 Å². The maximum atomic E-state index is 13.1. The van der Waals surface area contributed by atoms with Gasteiger partial charge in [-0.05, 0) is 23.3 Å². The van der Waals surface area contributed by atoms with Crippen molar-refractivity contribution in [3.8, 4) is 22.6 Å². The number of carbonyl (C=O) groups excluding carboxylic acids is 1. The molecule has 0 atom stereocenters. The van der Waals surface area contributed by atoms with Crippen LogP contribution in [0.3, 0.4) is 0 Å². The zero-order chi connectivity index (χ0) is 21.8. The molecule has 0 saturated carbocycles. The number of methoxy groups -OCH3 is 2. The third-order valence-corrected chi connectivity index (χ3v) is 5.78. The number of hydrogen-bond donors (Lipinski definition) is 1. The Labute approximate surface area is 182 Å². The van der Waals surface area contributed by atoms with Crippen LogP contribution in [0, 0.1) is 0 Å². The fourth-order valence-electron chi connectivity index (χ4n) is 3.31. The molecule has 0 fully saturated rings. The van der Waals surface area contributed by atoms with E-state index in [1.807, 2.05) is 41.8 Å². The smallest absolute Gasteiger partial charge is 0.263 e. The summed E-state index contributed by atoms with van der Waals surface area (Å²) in [7, 11) is 3.13. The molecule has 1 N–H and O–H groups in total. The molecular weight excluding hydrogens is 414 g/mol. The number of hydrogen-bond acceptors (Lipinski definition) is 6. The lowest BCUT2D eigenvalue weighted by molar-refractivity contribution is -0.121. The van der Waals surface area contributed by atoms with Gasteiger partial charge in [0.15, 0.2) is 11.5 Å². The van der Waals surface area contributed by atoms with Crippen LogP contribution < -0.4 is 20.3 Å². The highest BCUT2D eigenvalue weighted by Crippen LogP contribution is 2.30. The Kier molecular flexibility index (Phi) is 5.99. The van der Waals surface area contributed by atoms with E-state index in [1.165, 1.54) is 22.2 Å². The van der Waals surface area contributed by atoms with Crippen LogP contribution in [0.5, 0.6) is 11.5 Å². The number of rotatable bonds is 7. The van der Waals surface area contributed by atoms with Crippen LogP contribution in [-0.4, -0.2) is 29.7 Å². The summed E-state index contributed by atoms with van der Waals surface area (Å²) < 4.78 is 11.8. The first kappa shape index (κ1) is 20.6. The van der Waals surface area contributed by atoms with Gasteiger partial charge < -0.3 is 14.8 Å². The first-order valence-corrected chi connectivity index (χ1v) is 10.5. The SMILES string of the molecule is COc1ccc(CNC(=O)Cn2cnc3scc(-c4ccccc4)c3c2=O)cc1OC. The Bertz CT molecular complexity index is 1280. The van der Waals surface area contributed by atoms with Gasteiger partial charge in [0.1, 0.15) is 11.4 Å². The Balaban J connectivity index is 1.52. The monoisotopic (exact) mass is 435 g/mol. The molecular formula is C23H21N3O4S. The number of ether oxygens (including phenoxy) is 2. The van der Waals surface area contributed by atoms with Crippen LogP contribution in [0.1, 0.15) is 5.56 Å². The molecule has 0 unspecified atom stereocenters. The van der Waals surface area contributed by atoms with Gasteiger partial charge in [-0.3, -0.25) is 14.2 Å². The van der Waals surface area contributed by atoms with Crippen LogP contribution in [0.25, 0.3) is 21.3 Å². The quantitative estimate of drug-likeness (QED) is 0.481. The second-order valence-corrected chi connectivity index (χ2v) is 7.70. The molecule has 31 heavy (non-hydrogen) atoms. The average molecular weight is 436 g/mol. The van der Waals surface area contributed by atoms with Gasteiger partial charge in [0, 0.05) is 17.5 Å². The highest BCUT2D eigenvalue weighted by molar-refractivity contribution is 7.17. The van der Waals surface area contributed by atoms with Gasteiger partial charge in [-0.1, -0.05) is 36.4 Å². The van der Waals surface area contributed by atoms with Gasteiger partial charge in [-0.2, -0.15) is 0 Å². The lowest BCUT2D eigenvalue weighted by Gasteiger charge is -2.11. The zero-order valence-electron chi connectivity index (χ0n) is 17.1. The van der Waals surface area contributed by atoms with Crippen molar-refractivity contribution in [2.24, 2.45) is 0 Å². The minimum absolute atomic E-state index is 0.112. The molecule has 4 aromatic rings. The minimum Gasteiger partial charge on any atom is -0.493 e. The van der Waals surface area contributed by atoms with Crippen molar-refractivity contribution in [1.29, 1.82) is 0 Å². The van der Waals surface area contributed by atoms with E-state index in [9.17, 15) is 9.59 Å². The third-order valence-electron chi connectivity index (χ3n) is 4.90. The maximum absolute atomic E-state index is 13.1.